The Bertz CT molecular complexity index is 1180. The lowest BCUT2D eigenvalue weighted by Crippen LogP contribution is -2.14. The van der Waals surface area contributed by atoms with Gasteiger partial charge in [-0.2, -0.15) is 0 Å². The Morgan fingerprint density at radius 2 is 1.67 bits per heavy atom. The second-order valence-corrected chi connectivity index (χ2v) is 7.77. The molecule has 0 heterocycles. The monoisotopic (exact) mass is 427 g/mol. The van der Waals surface area contributed by atoms with Crippen LogP contribution in [0.15, 0.2) is 77.7 Å². The number of nitro benzene ring substituents is 1. The van der Waals surface area contributed by atoms with E-state index < -0.39 is 20.9 Å². The lowest BCUT2D eigenvalue weighted by Gasteiger charge is -2.10. The highest BCUT2D eigenvalue weighted by molar-refractivity contribution is 7.92. The zero-order chi connectivity index (χ0) is 21.7. The number of nitrogens with one attached hydrogen (secondary N) is 2. The van der Waals surface area contributed by atoms with Crippen LogP contribution in [0.5, 0.6) is 5.75 Å². The summed E-state index contributed by atoms with van der Waals surface area (Å²) in [6.45, 7) is 0. The van der Waals surface area contributed by atoms with E-state index in [2.05, 4.69) is 10.0 Å². The van der Waals surface area contributed by atoms with E-state index in [9.17, 15) is 23.3 Å². The smallest absolute Gasteiger partial charge is 0.296 e. The first-order valence-electron chi connectivity index (χ1n) is 8.62. The lowest BCUT2D eigenvalue weighted by molar-refractivity contribution is -0.384. The molecule has 0 aromatic heterocycles. The van der Waals surface area contributed by atoms with Gasteiger partial charge in [-0.1, -0.05) is 18.2 Å². The van der Waals surface area contributed by atoms with Gasteiger partial charge in [-0.15, -0.1) is 0 Å². The molecule has 1 amide bonds. The standard InChI is InChI=1S/C20H17N3O6S/c1-29-16-11-12-18(19(13-16)23(25)26)21-20(24)14-7-9-15(10-8-14)22-30(27,28)17-5-3-2-4-6-17/h2-13,22H,1H3,(H,21,24). The maximum absolute atomic E-state index is 12.5. The summed E-state index contributed by atoms with van der Waals surface area (Å²) >= 11 is 0. The van der Waals surface area contributed by atoms with Crippen LogP contribution in [0.4, 0.5) is 17.1 Å². The predicted molar refractivity (Wildman–Crippen MR) is 111 cm³/mol. The Hall–Kier alpha value is -3.92. The SMILES string of the molecule is COc1ccc(NC(=O)c2ccc(NS(=O)(=O)c3ccccc3)cc2)c([N+](=O)[O-])c1. The van der Waals surface area contributed by atoms with Crippen molar-refractivity contribution < 1.29 is 22.9 Å². The van der Waals surface area contributed by atoms with Crippen molar-refractivity contribution in [3.05, 3.63) is 88.5 Å². The number of ether oxygens (including phenoxy) is 1. The molecule has 0 saturated heterocycles. The molecule has 30 heavy (non-hydrogen) atoms. The maximum Gasteiger partial charge on any atom is 0.296 e. The minimum absolute atomic E-state index is 0.0136. The molecule has 0 spiro atoms. The third-order valence-corrected chi connectivity index (χ3v) is 5.50. The summed E-state index contributed by atoms with van der Waals surface area (Å²) < 4.78 is 32.1. The van der Waals surface area contributed by atoms with Crippen molar-refractivity contribution in [2.24, 2.45) is 0 Å². The molecular formula is C20H17N3O6S. The van der Waals surface area contributed by atoms with Gasteiger partial charge in [0, 0.05) is 11.3 Å². The molecule has 0 aliphatic carbocycles. The van der Waals surface area contributed by atoms with Crippen LogP contribution in [0, 0.1) is 10.1 Å². The predicted octanol–water partition coefficient (Wildman–Crippen LogP) is 3.66. The topological polar surface area (TPSA) is 128 Å². The van der Waals surface area contributed by atoms with Gasteiger partial charge in [0.25, 0.3) is 21.6 Å². The van der Waals surface area contributed by atoms with Gasteiger partial charge in [0.15, 0.2) is 0 Å². The molecule has 0 aliphatic rings. The normalized spacial score (nSPS) is 10.8. The number of nitrogens with zero attached hydrogens (tertiary/aromatic N) is 1. The first-order valence-corrected chi connectivity index (χ1v) is 10.1. The van der Waals surface area contributed by atoms with E-state index >= 15 is 0 Å². The number of anilines is 2. The molecule has 154 valence electrons. The van der Waals surface area contributed by atoms with Crippen molar-refractivity contribution in [3.63, 3.8) is 0 Å². The Morgan fingerprint density at radius 1 is 1.00 bits per heavy atom. The summed E-state index contributed by atoms with van der Waals surface area (Å²) in [5, 5.41) is 13.7. The first kappa shape index (κ1) is 20.8. The van der Waals surface area contributed by atoms with Crippen molar-refractivity contribution in [2.75, 3.05) is 17.1 Å². The summed E-state index contributed by atoms with van der Waals surface area (Å²) in [6, 6.07) is 17.6. The molecule has 10 heteroatoms. The fourth-order valence-electron chi connectivity index (χ4n) is 2.59. The fraction of sp³-hybridized carbons (Fsp3) is 0.0500. The number of hydrogen-bond acceptors (Lipinski definition) is 6. The molecule has 9 nitrogen and oxygen atoms in total. The van der Waals surface area contributed by atoms with E-state index in [0.717, 1.165) is 0 Å². The Kier molecular flexibility index (Phi) is 5.98. The van der Waals surface area contributed by atoms with Crippen LogP contribution < -0.4 is 14.8 Å². The fourth-order valence-corrected chi connectivity index (χ4v) is 3.67. The third kappa shape index (κ3) is 4.73. The Morgan fingerprint density at radius 3 is 2.27 bits per heavy atom. The van der Waals surface area contributed by atoms with Crippen molar-refractivity contribution in [3.8, 4) is 5.75 Å². The number of carbonyl (C=O) groups excluding carboxylic acids is 1. The van der Waals surface area contributed by atoms with Gasteiger partial charge < -0.3 is 10.1 Å². The zero-order valence-corrected chi connectivity index (χ0v) is 16.5. The molecule has 0 radical (unpaired) electrons. The van der Waals surface area contributed by atoms with E-state index in [1.165, 1.54) is 61.7 Å². The molecule has 0 fully saturated rings. The number of carbonyl (C=O) groups is 1. The second kappa shape index (κ2) is 8.62. The molecule has 3 rings (SSSR count). The summed E-state index contributed by atoms with van der Waals surface area (Å²) in [6.07, 6.45) is 0. The lowest BCUT2D eigenvalue weighted by atomic mass is 10.2. The average Bonchev–Trinajstić information content (AvgIpc) is 2.74. The summed E-state index contributed by atoms with van der Waals surface area (Å²) in [5.74, 6) is -0.296. The summed E-state index contributed by atoms with van der Waals surface area (Å²) in [7, 11) is -2.37. The number of hydrogen-bond donors (Lipinski definition) is 2. The van der Waals surface area contributed by atoms with Crippen LogP contribution in [0.2, 0.25) is 0 Å². The first-order chi connectivity index (χ1) is 14.3. The Labute approximate surface area is 172 Å². The number of sulfonamides is 1. The van der Waals surface area contributed by atoms with Crippen LogP contribution in [0.25, 0.3) is 0 Å². The van der Waals surface area contributed by atoms with Crippen molar-refractivity contribution in [2.45, 2.75) is 4.90 Å². The van der Waals surface area contributed by atoms with E-state index in [0.29, 0.717) is 0 Å². The van der Waals surface area contributed by atoms with E-state index in [4.69, 9.17) is 4.74 Å². The number of benzene rings is 3. The zero-order valence-electron chi connectivity index (χ0n) is 15.7. The Balaban J connectivity index is 1.75. The number of nitro groups is 1. The van der Waals surface area contributed by atoms with Crippen LogP contribution in [0.3, 0.4) is 0 Å². The highest BCUT2D eigenvalue weighted by atomic mass is 32.2. The number of methoxy groups -OCH3 is 1. The maximum atomic E-state index is 12.5. The molecule has 3 aromatic carbocycles. The van der Waals surface area contributed by atoms with Crippen molar-refractivity contribution >= 4 is 33.0 Å². The number of rotatable bonds is 7. The largest absolute Gasteiger partial charge is 0.496 e. The van der Waals surface area contributed by atoms with Gasteiger partial charge in [0.2, 0.25) is 0 Å². The van der Waals surface area contributed by atoms with E-state index in [1.54, 1.807) is 18.2 Å². The third-order valence-electron chi connectivity index (χ3n) is 4.10. The van der Waals surface area contributed by atoms with Gasteiger partial charge in [-0.05, 0) is 48.5 Å². The van der Waals surface area contributed by atoms with Crippen LogP contribution >= 0.6 is 0 Å². The van der Waals surface area contributed by atoms with E-state index in [1.807, 2.05) is 0 Å². The van der Waals surface area contributed by atoms with Crippen molar-refractivity contribution in [1.82, 2.24) is 0 Å². The van der Waals surface area contributed by atoms with Crippen LogP contribution in [-0.2, 0) is 10.0 Å². The van der Waals surface area contributed by atoms with Gasteiger partial charge in [0.1, 0.15) is 11.4 Å². The van der Waals surface area contributed by atoms with Crippen LogP contribution in [-0.4, -0.2) is 26.4 Å². The van der Waals surface area contributed by atoms with Gasteiger partial charge in [0.05, 0.1) is 23.0 Å². The quantitative estimate of drug-likeness (QED) is 0.437. The van der Waals surface area contributed by atoms with Gasteiger partial charge >= 0.3 is 0 Å². The molecule has 0 atom stereocenters. The summed E-state index contributed by atoms with van der Waals surface area (Å²) in [5.41, 5.74) is 0.170. The number of amides is 1. The molecule has 2 N–H and O–H groups in total. The van der Waals surface area contributed by atoms with Gasteiger partial charge in [-0.25, -0.2) is 8.42 Å². The highest BCUT2D eigenvalue weighted by Gasteiger charge is 2.18. The van der Waals surface area contributed by atoms with Gasteiger partial charge in [-0.3, -0.25) is 19.6 Å². The van der Waals surface area contributed by atoms with Crippen LogP contribution in [0.1, 0.15) is 10.4 Å². The highest BCUT2D eigenvalue weighted by Crippen LogP contribution is 2.29. The second-order valence-electron chi connectivity index (χ2n) is 6.09. The molecule has 0 bridgehead atoms. The minimum atomic E-state index is -3.75. The molecule has 3 aromatic rings. The van der Waals surface area contributed by atoms with E-state index in [-0.39, 0.29) is 33.3 Å². The summed E-state index contributed by atoms with van der Waals surface area (Å²) in [4.78, 5) is 23.2. The van der Waals surface area contributed by atoms with Crippen molar-refractivity contribution in [1.29, 1.82) is 0 Å². The molecule has 0 unspecified atom stereocenters. The molecular weight excluding hydrogens is 410 g/mol. The average molecular weight is 427 g/mol. The molecule has 0 aliphatic heterocycles. The molecule has 0 saturated carbocycles. The minimum Gasteiger partial charge on any atom is -0.496 e.